The number of rotatable bonds is 5. The minimum Gasteiger partial charge on any atom is -0.306 e. The third kappa shape index (κ3) is 3.32. The fourth-order valence-corrected chi connectivity index (χ4v) is 4.18. The number of aromatic nitrogens is 4. The Morgan fingerprint density at radius 3 is 2.42 bits per heavy atom. The van der Waals surface area contributed by atoms with Crippen molar-refractivity contribution < 1.29 is 9.18 Å². The van der Waals surface area contributed by atoms with Gasteiger partial charge in [-0.05, 0) is 54.3 Å². The van der Waals surface area contributed by atoms with Crippen molar-refractivity contribution in [1.82, 2.24) is 19.7 Å². The Bertz CT molecular complexity index is 1210. The molecule has 31 heavy (non-hydrogen) atoms. The van der Waals surface area contributed by atoms with Crippen LogP contribution >= 0.6 is 0 Å². The van der Waals surface area contributed by atoms with Gasteiger partial charge in [0.25, 0.3) is 5.91 Å². The molecule has 0 saturated heterocycles. The maximum absolute atomic E-state index is 13.6. The van der Waals surface area contributed by atoms with Crippen LogP contribution < -0.4 is 4.90 Å². The number of nitrogens with zero attached hydrogens (tertiary/aromatic N) is 4. The summed E-state index contributed by atoms with van der Waals surface area (Å²) in [6.45, 7) is 4.24. The molecule has 0 fully saturated rings. The van der Waals surface area contributed by atoms with Gasteiger partial charge in [-0.15, -0.1) is 0 Å². The van der Waals surface area contributed by atoms with Crippen molar-refractivity contribution in [3.8, 4) is 5.69 Å². The van der Waals surface area contributed by atoms with Gasteiger partial charge in [0.2, 0.25) is 0 Å². The summed E-state index contributed by atoms with van der Waals surface area (Å²) < 4.78 is 15.5. The number of amides is 1. The van der Waals surface area contributed by atoms with Gasteiger partial charge in [0, 0.05) is 29.3 Å². The van der Waals surface area contributed by atoms with Crippen LogP contribution in [-0.4, -0.2) is 25.7 Å². The molecule has 1 atom stereocenters. The van der Waals surface area contributed by atoms with Crippen LogP contribution in [0.2, 0.25) is 0 Å². The van der Waals surface area contributed by atoms with Gasteiger partial charge in [0.1, 0.15) is 11.5 Å². The Morgan fingerprint density at radius 2 is 1.77 bits per heavy atom. The third-order valence-electron chi connectivity index (χ3n) is 5.56. The first-order valence-corrected chi connectivity index (χ1v) is 10.3. The number of benzene rings is 2. The van der Waals surface area contributed by atoms with Crippen LogP contribution in [0.5, 0.6) is 0 Å². The van der Waals surface area contributed by atoms with E-state index in [9.17, 15) is 9.18 Å². The molecule has 4 aromatic rings. The number of halogens is 1. The highest BCUT2D eigenvalue weighted by Gasteiger charge is 2.42. The first-order chi connectivity index (χ1) is 15.0. The minimum absolute atomic E-state index is 0.137. The van der Waals surface area contributed by atoms with Crippen molar-refractivity contribution in [2.45, 2.75) is 26.3 Å². The van der Waals surface area contributed by atoms with Crippen LogP contribution in [0.25, 0.3) is 5.69 Å². The number of hydrogen-bond donors (Lipinski definition) is 1. The summed E-state index contributed by atoms with van der Waals surface area (Å²) in [6, 6.07) is 13.7. The Kier molecular flexibility index (Phi) is 4.66. The molecule has 5 rings (SSSR count). The van der Waals surface area contributed by atoms with Crippen LogP contribution in [0.4, 0.5) is 10.1 Å². The second-order valence-electron chi connectivity index (χ2n) is 8.17. The molecule has 2 aromatic heterocycles. The maximum Gasteiger partial charge on any atom is 0.277 e. The molecular formula is C24H22FN5O. The smallest absolute Gasteiger partial charge is 0.277 e. The predicted molar refractivity (Wildman–Crippen MR) is 116 cm³/mol. The normalized spacial score (nSPS) is 15.7. The first-order valence-electron chi connectivity index (χ1n) is 10.3. The summed E-state index contributed by atoms with van der Waals surface area (Å²) >= 11 is 0. The van der Waals surface area contributed by atoms with Gasteiger partial charge in [-0.25, -0.2) is 9.37 Å². The van der Waals surface area contributed by atoms with E-state index in [2.05, 4.69) is 29.0 Å². The standard InChI is InChI=1S/C24H22FN5O/c1-15(2)13-20-21-22(28-27-20)24(31)30(23(21)16-3-5-17(25)6-4-16)19-9-7-18(8-10-19)29-12-11-26-14-29/h3-12,14-15,23H,13H2,1-2H3,(H,27,28). The molecule has 2 aromatic carbocycles. The molecule has 1 aliphatic rings. The highest BCUT2D eigenvalue weighted by Crippen LogP contribution is 2.43. The highest BCUT2D eigenvalue weighted by molar-refractivity contribution is 6.10. The van der Waals surface area contributed by atoms with Gasteiger partial charge >= 0.3 is 0 Å². The second-order valence-corrected chi connectivity index (χ2v) is 8.17. The Hall–Kier alpha value is -3.74. The molecule has 156 valence electrons. The molecule has 1 unspecified atom stereocenters. The summed E-state index contributed by atoms with van der Waals surface area (Å²) in [4.78, 5) is 19.3. The molecule has 0 spiro atoms. The minimum atomic E-state index is -0.366. The van der Waals surface area contributed by atoms with Crippen molar-refractivity contribution in [3.63, 3.8) is 0 Å². The molecule has 7 heteroatoms. The van der Waals surface area contributed by atoms with Crippen molar-refractivity contribution in [3.05, 3.63) is 95.6 Å². The average molecular weight is 415 g/mol. The summed E-state index contributed by atoms with van der Waals surface area (Å²) in [5, 5.41) is 7.40. The van der Waals surface area contributed by atoms with E-state index in [0.717, 1.165) is 34.6 Å². The van der Waals surface area contributed by atoms with Crippen molar-refractivity contribution >= 4 is 11.6 Å². The highest BCUT2D eigenvalue weighted by atomic mass is 19.1. The SMILES string of the molecule is CC(C)Cc1n[nH]c2c1C(c1ccc(F)cc1)N(c1ccc(-n3ccnc3)cc1)C2=O. The lowest BCUT2D eigenvalue weighted by Gasteiger charge is -2.27. The molecule has 1 amide bonds. The van der Waals surface area contributed by atoms with Crippen LogP contribution in [-0.2, 0) is 6.42 Å². The summed E-state index contributed by atoms with van der Waals surface area (Å²) in [5.41, 5.74) is 4.83. The Morgan fingerprint density at radius 1 is 1.06 bits per heavy atom. The lowest BCUT2D eigenvalue weighted by molar-refractivity contribution is 0.0988. The largest absolute Gasteiger partial charge is 0.306 e. The maximum atomic E-state index is 13.6. The van der Waals surface area contributed by atoms with E-state index >= 15 is 0 Å². The zero-order valence-electron chi connectivity index (χ0n) is 17.3. The van der Waals surface area contributed by atoms with E-state index in [0.29, 0.717) is 11.6 Å². The first kappa shape index (κ1) is 19.2. The zero-order valence-corrected chi connectivity index (χ0v) is 17.3. The summed E-state index contributed by atoms with van der Waals surface area (Å²) in [6.07, 6.45) is 6.07. The zero-order chi connectivity index (χ0) is 21.5. The number of nitrogens with one attached hydrogen (secondary N) is 1. The molecule has 0 radical (unpaired) electrons. The number of hydrogen-bond acceptors (Lipinski definition) is 3. The van der Waals surface area contributed by atoms with Crippen LogP contribution in [0, 0.1) is 11.7 Å². The predicted octanol–water partition coefficient (Wildman–Crippen LogP) is 4.68. The van der Waals surface area contributed by atoms with Crippen LogP contribution in [0.15, 0.2) is 67.3 Å². The van der Waals surface area contributed by atoms with Gasteiger partial charge in [-0.3, -0.25) is 14.8 Å². The van der Waals surface area contributed by atoms with E-state index in [1.807, 2.05) is 35.0 Å². The molecule has 0 saturated carbocycles. The van der Waals surface area contributed by atoms with E-state index < -0.39 is 0 Å². The molecule has 3 heterocycles. The lowest BCUT2D eigenvalue weighted by atomic mass is 9.95. The van der Waals surface area contributed by atoms with Gasteiger partial charge in [0.05, 0.1) is 18.1 Å². The van der Waals surface area contributed by atoms with Gasteiger partial charge in [0.15, 0.2) is 0 Å². The number of imidazole rings is 1. The van der Waals surface area contributed by atoms with Crippen LogP contribution in [0.1, 0.15) is 47.2 Å². The number of H-pyrrole nitrogens is 1. The van der Waals surface area contributed by atoms with Gasteiger partial charge in [-0.1, -0.05) is 26.0 Å². The molecular weight excluding hydrogens is 393 g/mol. The number of aromatic amines is 1. The van der Waals surface area contributed by atoms with Crippen LogP contribution in [0.3, 0.4) is 0 Å². The third-order valence-corrected chi connectivity index (χ3v) is 5.56. The number of carbonyl (C=O) groups excluding carboxylic acids is 1. The topological polar surface area (TPSA) is 66.8 Å². The van der Waals surface area contributed by atoms with E-state index in [1.165, 1.54) is 12.1 Å². The van der Waals surface area contributed by atoms with E-state index in [4.69, 9.17) is 0 Å². The second kappa shape index (κ2) is 7.50. The Balaban J connectivity index is 1.60. The number of fused-ring (bicyclic) bond motifs is 1. The number of anilines is 1. The molecule has 0 aliphatic carbocycles. The van der Waals surface area contributed by atoms with Gasteiger partial charge < -0.3 is 4.57 Å². The van der Waals surface area contributed by atoms with Crippen molar-refractivity contribution in [2.75, 3.05) is 4.90 Å². The van der Waals surface area contributed by atoms with Gasteiger partial charge in [-0.2, -0.15) is 5.10 Å². The van der Waals surface area contributed by atoms with E-state index in [1.54, 1.807) is 29.6 Å². The lowest BCUT2D eigenvalue weighted by Crippen LogP contribution is -2.29. The Labute approximate surface area is 179 Å². The molecule has 1 aliphatic heterocycles. The summed E-state index contributed by atoms with van der Waals surface area (Å²) in [7, 11) is 0. The number of carbonyl (C=O) groups is 1. The fourth-order valence-electron chi connectivity index (χ4n) is 4.18. The summed E-state index contributed by atoms with van der Waals surface area (Å²) in [5.74, 6) is -0.0544. The fraction of sp³-hybridized carbons (Fsp3) is 0.208. The molecule has 6 nitrogen and oxygen atoms in total. The van der Waals surface area contributed by atoms with Crippen molar-refractivity contribution in [2.24, 2.45) is 5.92 Å². The monoisotopic (exact) mass is 415 g/mol. The quantitative estimate of drug-likeness (QED) is 0.515. The molecule has 0 bridgehead atoms. The average Bonchev–Trinajstić information content (AvgIpc) is 3.48. The van der Waals surface area contributed by atoms with Crippen molar-refractivity contribution in [1.29, 1.82) is 0 Å². The van der Waals surface area contributed by atoms with E-state index in [-0.39, 0.29) is 17.8 Å². The molecule has 1 N–H and O–H groups in total.